The predicted molar refractivity (Wildman–Crippen MR) is 281 cm³/mol. The number of nitrogens with zero attached hydrogens (tertiary/aromatic N) is 5. The molecule has 0 N–H and O–H groups in total. The lowest BCUT2D eigenvalue weighted by Gasteiger charge is -2.14. The van der Waals surface area contributed by atoms with Crippen LogP contribution in [0.4, 0.5) is 0 Å². The van der Waals surface area contributed by atoms with Crippen LogP contribution in [-0.2, 0) is 0 Å². The molecule has 10 aromatic carbocycles. The molecule has 0 saturated carbocycles. The molecule has 0 aliphatic heterocycles. The van der Waals surface area contributed by atoms with E-state index in [1.807, 2.05) is 12.1 Å². The maximum atomic E-state index is 6.59. The highest BCUT2D eigenvalue weighted by molar-refractivity contribution is 6.26. The SMILES string of the molecule is C#Cc1cc(-c2nc(-c3cccc(-c4ccccc4)c3)nc(-c3cccc(-c4ccccc4)c3)n2)ccc1-n1c2ccccc2c2ccc3c(c4ccccc4n3-c3cccc4ccccc34)c21. The van der Waals surface area contributed by atoms with Gasteiger partial charge in [-0.25, -0.2) is 15.0 Å². The highest BCUT2D eigenvalue weighted by atomic mass is 15.0. The lowest BCUT2D eigenvalue weighted by molar-refractivity contribution is 1.07. The van der Waals surface area contributed by atoms with Crippen LogP contribution >= 0.6 is 0 Å². The Hall–Kier alpha value is -9.37. The number of para-hydroxylation sites is 2. The smallest absolute Gasteiger partial charge is 0.164 e. The first-order valence-electron chi connectivity index (χ1n) is 22.8. The molecule has 3 heterocycles. The standard InChI is InChI=1S/C63H39N5/c1-2-41-38-49(63-65-61(47-26-15-24-45(39-47)42-18-5-3-6-19-42)64-62(66-63)48-27-16-25-46(40-48)43-20-7-4-8-21-43)34-36-54(41)68-56-31-13-11-29-51(56)52-35-37-58-59(60(52)68)53-30-12-14-32-57(53)67(58)55-33-17-23-44-22-9-10-28-50(44)55/h1,3-40H. The summed E-state index contributed by atoms with van der Waals surface area (Å²) >= 11 is 0. The molecule has 0 radical (unpaired) electrons. The lowest BCUT2D eigenvalue weighted by Crippen LogP contribution is -2.02. The van der Waals surface area contributed by atoms with Crippen molar-refractivity contribution in [1.82, 2.24) is 24.1 Å². The Labute approximate surface area is 392 Å². The number of hydrogen-bond acceptors (Lipinski definition) is 3. The lowest BCUT2D eigenvalue weighted by atomic mass is 10.0. The van der Waals surface area contributed by atoms with Gasteiger partial charge < -0.3 is 9.13 Å². The molecular weight excluding hydrogens is 827 g/mol. The van der Waals surface area contributed by atoms with Crippen LogP contribution in [0, 0.1) is 12.3 Å². The van der Waals surface area contributed by atoms with Crippen LogP contribution in [0.1, 0.15) is 5.56 Å². The van der Waals surface area contributed by atoms with Gasteiger partial charge in [-0.2, -0.15) is 0 Å². The van der Waals surface area contributed by atoms with E-state index in [2.05, 4.69) is 233 Å². The Kier molecular flexibility index (Phi) is 9.16. The number of rotatable bonds is 7. The molecule has 0 spiro atoms. The molecule has 0 amide bonds. The number of aromatic nitrogens is 5. The molecule has 5 nitrogen and oxygen atoms in total. The summed E-state index contributed by atoms with van der Waals surface area (Å²) in [6.45, 7) is 0. The molecule has 0 fully saturated rings. The second kappa shape index (κ2) is 16.0. The van der Waals surface area contributed by atoms with Gasteiger partial charge in [0.2, 0.25) is 0 Å². The third-order valence-electron chi connectivity index (χ3n) is 13.2. The highest BCUT2D eigenvalue weighted by Gasteiger charge is 2.23. The molecule has 316 valence electrons. The minimum atomic E-state index is 0.533. The molecule has 0 bridgehead atoms. The van der Waals surface area contributed by atoms with Crippen LogP contribution in [0.2, 0.25) is 0 Å². The van der Waals surface area contributed by atoms with E-state index in [0.29, 0.717) is 17.5 Å². The number of fused-ring (bicyclic) bond motifs is 8. The van der Waals surface area contributed by atoms with E-state index < -0.39 is 0 Å². The van der Waals surface area contributed by atoms with Crippen molar-refractivity contribution in [1.29, 1.82) is 0 Å². The van der Waals surface area contributed by atoms with Crippen LogP contribution in [-0.4, -0.2) is 24.1 Å². The van der Waals surface area contributed by atoms with Crippen molar-refractivity contribution in [2.24, 2.45) is 0 Å². The molecule has 13 rings (SSSR count). The van der Waals surface area contributed by atoms with E-state index in [-0.39, 0.29) is 0 Å². The molecule has 0 unspecified atom stereocenters. The van der Waals surface area contributed by atoms with E-state index in [0.717, 1.165) is 94.1 Å². The van der Waals surface area contributed by atoms with Gasteiger partial charge in [0.1, 0.15) is 0 Å². The van der Waals surface area contributed by atoms with Crippen molar-refractivity contribution in [3.8, 4) is 80.1 Å². The van der Waals surface area contributed by atoms with E-state index in [4.69, 9.17) is 21.4 Å². The van der Waals surface area contributed by atoms with Crippen molar-refractivity contribution < 1.29 is 0 Å². The first-order chi connectivity index (χ1) is 33.7. The van der Waals surface area contributed by atoms with Gasteiger partial charge in [-0.05, 0) is 82.2 Å². The Morgan fingerprint density at radius 2 is 0.824 bits per heavy atom. The fraction of sp³-hybridized carbons (Fsp3) is 0. The molecule has 68 heavy (non-hydrogen) atoms. The zero-order valence-electron chi connectivity index (χ0n) is 36.8. The van der Waals surface area contributed by atoms with Crippen LogP contribution in [0.15, 0.2) is 231 Å². The van der Waals surface area contributed by atoms with E-state index in [9.17, 15) is 0 Å². The van der Waals surface area contributed by atoms with E-state index in [1.54, 1.807) is 0 Å². The summed E-state index contributed by atoms with van der Waals surface area (Å²) in [5.74, 6) is 4.79. The second-order valence-corrected chi connectivity index (χ2v) is 17.1. The molecular formula is C63H39N5. The first kappa shape index (κ1) is 39.0. The average molecular weight is 866 g/mol. The highest BCUT2D eigenvalue weighted by Crippen LogP contribution is 2.43. The minimum absolute atomic E-state index is 0.533. The van der Waals surface area contributed by atoms with Crippen LogP contribution in [0.5, 0.6) is 0 Å². The third-order valence-corrected chi connectivity index (χ3v) is 13.2. The van der Waals surface area contributed by atoms with Crippen LogP contribution in [0.25, 0.3) is 122 Å². The summed E-state index contributed by atoms with van der Waals surface area (Å²) in [7, 11) is 0. The third kappa shape index (κ3) is 6.39. The largest absolute Gasteiger partial charge is 0.309 e. The molecule has 13 aromatic rings. The van der Waals surface area contributed by atoms with Gasteiger partial charge >= 0.3 is 0 Å². The topological polar surface area (TPSA) is 48.5 Å². The number of hydrogen-bond donors (Lipinski definition) is 0. The maximum absolute atomic E-state index is 6.59. The summed E-state index contributed by atoms with van der Waals surface area (Å²) in [6.07, 6.45) is 6.59. The van der Waals surface area contributed by atoms with Gasteiger partial charge in [0.05, 0.1) is 33.4 Å². The van der Waals surface area contributed by atoms with E-state index in [1.165, 1.54) is 16.2 Å². The Morgan fingerprint density at radius 3 is 1.47 bits per heavy atom. The Balaban J connectivity index is 1.02. The number of terminal acetylenes is 1. The molecule has 0 saturated heterocycles. The fourth-order valence-corrected chi connectivity index (χ4v) is 10.1. The van der Waals surface area contributed by atoms with Gasteiger partial charge in [-0.1, -0.05) is 182 Å². The monoisotopic (exact) mass is 865 g/mol. The molecule has 5 heteroatoms. The summed E-state index contributed by atoms with van der Waals surface area (Å²) in [6, 6.07) is 80.9. The van der Waals surface area contributed by atoms with Crippen LogP contribution in [0.3, 0.4) is 0 Å². The molecule has 0 aliphatic carbocycles. The summed E-state index contributed by atoms with van der Waals surface area (Å²) in [4.78, 5) is 15.6. The second-order valence-electron chi connectivity index (χ2n) is 17.1. The Morgan fingerprint density at radius 1 is 0.324 bits per heavy atom. The zero-order chi connectivity index (χ0) is 45.1. The van der Waals surface area contributed by atoms with Gasteiger partial charge in [-0.3, -0.25) is 0 Å². The van der Waals surface area contributed by atoms with Gasteiger partial charge in [0.15, 0.2) is 17.5 Å². The molecule has 3 aromatic heterocycles. The number of benzene rings is 10. The quantitative estimate of drug-likeness (QED) is 0.150. The fourth-order valence-electron chi connectivity index (χ4n) is 10.1. The molecule has 0 atom stereocenters. The van der Waals surface area contributed by atoms with Gasteiger partial charge in [0.25, 0.3) is 0 Å². The van der Waals surface area contributed by atoms with Crippen molar-refractivity contribution >= 4 is 54.4 Å². The summed E-state index contributed by atoms with van der Waals surface area (Å²) < 4.78 is 4.78. The predicted octanol–water partition coefficient (Wildman–Crippen LogP) is 15.5. The first-order valence-corrected chi connectivity index (χ1v) is 22.8. The van der Waals surface area contributed by atoms with Gasteiger partial charge in [0, 0.05) is 49.2 Å². The maximum Gasteiger partial charge on any atom is 0.164 e. The summed E-state index contributed by atoms with van der Waals surface area (Å²) in [5, 5.41) is 7.03. The van der Waals surface area contributed by atoms with E-state index >= 15 is 0 Å². The summed E-state index contributed by atoms with van der Waals surface area (Å²) in [5.41, 5.74) is 14.2. The minimum Gasteiger partial charge on any atom is -0.309 e. The molecule has 0 aliphatic rings. The normalized spacial score (nSPS) is 11.5. The van der Waals surface area contributed by atoms with Crippen molar-refractivity contribution in [3.05, 3.63) is 236 Å². The van der Waals surface area contributed by atoms with Gasteiger partial charge in [-0.15, -0.1) is 6.42 Å². The zero-order valence-corrected chi connectivity index (χ0v) is 36.8. The van der Waals surface area contributed by atoms with Crippen molar-refractivity contribution in [2.75, 3.05) is 0 Å². The van der Waals surface area contributed by atoms with Crippen molar-refractivity contribution in [2.45, 2.75) is 0 Å². The van der Waals surface area contributed by atoms with Crippen LogP contribution < -0.4 is 0 Å². The Bertz CT molecular complexity index is 4050. The van der Waals surface area contributed by atoms with Crippen molar-refractivity contribution in [3.63, 3.8) is 0 Å². The average Bonchev–Trinajstić information content (AvgIpc) is 3.94.